The molecule has 2 bridgehead atoms. The SMILES string of the molecule is CC(F)(F)c1cc(F)cc(CNC(=O)C23CC(NC(=O)COc4ccc(Cl)c(F)c4)(C2)C3)c1. The monoisotopic (exact) mass is 484 g/mol. The predicted molar refractivity (Wildman–Crippen MR) is 112 cm³/mol. The predicted octanol–water partition coefficient (Wildman–Crippen LogP) is 4.46. The molecule has 10 heteroatoms. The van der Waals surface area contributed by atoms with Gasteiger partial charge in [-0.2, -0.15) is 0 Å². The first kappa shape index (κ1) is 23.4. The van der Waals surface area contributed by atoms with Crippen LogP contribution in [-0.4, -0.2) is 24.0 Å². The van der Waals surface area contributed by atoms with Gasteiger partial charge in [0.25, 0.3) is 11.8 Å². The lowest BCUT2D eigenvalue weighted by molar-refractivity contribution is -0.184. The average molecular weight is 485 g/mol. The minimum absolute atomic E-state index is 0.0506. The third-order valence-electron chi connectivity index (χ3n) is 6.10. The van der Waals surface area contributed by atoms with E-state index in [-0.39, 0.29) is 35.4 Å². The zero-order chi connectivity index (χ0) is 24.0. The fourth-order valence-corrected chi connectivity index (χ4v) is 4.70. The highest BCUT2D eigenvalue weighted by Gasteiger charge is 2.72. The number of carbonyl (C=O) groups excluding carboxylic acids is 2. The number of nitrogens with one attached hydrogen (secondary N) is 2. The average Bonchev–Trinajstić information content (AvgIpc) is 2.67. The molecule has 0 heterocycles. The normalized spacial score (nSPS) is 23.2. The van der Waals surface area contributed by atoms with Crippen LogP contribution in [0.4, 0.5) is 17.6 Å². The number of amides is 2. The second-order valence-corrected chi connectivity index (χ2v) is 9.33. The van der Waals surface area contributed by atoms with Crippen LogP contribution in [0.25, 0.3) is 0 Å². The van der Waals surface area contributed by atoms with Crippen molar-refractivity contribution in [2.45, 2.75) is 44.2 Å². The fourth-order valence-electron chi connectivity index (χ4n) is 4.58. The van der Waals surface area contributed by atoms with Gasteiger partial charge in [-0.25, -0.2) is 17.6 Å². The summed E-state index contributed by atoms with van der Waals surface area (Å²) in [5.41, 5.74) is -1.33. The Morgan fingerprint density at radius 1 is 1.12 bits per heavy atom. The highest BCUT2D eigenvalue weighted by Crippen LogP contribution is 2.67. The number of ether oxygens (including phenoxy) is 1. The molecule has 33 heavy (non-hydrogen) atoms. The van der Waals surface area contributed by atoms with Gasteiger partial charge in [-0.3, -0.25) is 9.59 Å². The molecule has 0 atom stereocenters. The molecule has 0 aromatic heterocycles. The van der Waals surface area contributed by atoms with Crippen molar-refractivity contribution in [2.24, 2.45) is 5.41 Å². The zero-order valence-corrected chi connectivity index (χ0v) is 18.4. The molecule has 176 valence electrons. The molecule has 3 aliphatic rings. The second-order valence-electron chi connectivity index (χ2n) is 8.92. The fraction of sp³-hybridized carbons (Fsp3) is 0.391. The van der Waals surface area contributed by atoms with Gasteiger partial charge < -0.3 is 15.4 Å². The van der Waals surface area contributed by atoms with Crippen LogP contribution in [0.5, 0.6) is 5.75 Å². The lowest BCUT2D eigenvalue weighted by atomic mass is 9.39. The van der Waals surface area contributed by atoms with Gasteiger partial charge in [-0.05, 0) is 55.2 Å². The van der Waals surface area contributed by atoms with Crippen molar-refractivity contribution in [3.05, 3.63) is 64.2 Å². The number of halogens is 5. The van der Waals surface area contributed by atoms with E-state index in [0.717, 1.165) is 18.2 Å². The zero-order valence-electron chi connectivity index (χ0n) is 17.6. The summed E-state index contributed by atoms with van der Waals surface area (Å²) >= 11 is 5.60. The van der Waals surface area contributed by atoms with Gasteiger partial charge in [0.05, 0.1) is 10.4 Å². The van der Waals surface area contributed by atoms with Crippen molar-refractivity contribution in [1.29, 1.82) is 0 Å². The van der Waals surface area contributed by atoms with Crippen LogP contribution >= 0.6 is 11.6 Å². The standard InChI is InChI=1S/C23H21ClF4N2O3/c1-21(27,28)14-4-13(5-15(25)6-14)8-29-20(32)22-10-23(11-22,12-22)30-19(31)9-33-16-2-3-17(24)18(26)7-16/h2-7H,8-12H2,1H3,(H,29,32)(H,30,31). The number of carbonyl (C=O) groups is 2. The molecular weight excluding hydrogens is 464 g/mol. The Balaban J connectivity index is 1.24. The Hall–Kier alpha value is -2.81. The Bertz CT molecular complexity index is 1100. The van der Waals surface area contributed by atoms with Gasteiger partial charge in [0.15, 0.2) is 6.61 Å². The molecule has 5 rings (SSSR count). The van der Waals surface area contributed by atoms with Gasteiger partial charge >= 0.3 is 0 Å². The van der Waals surface area contributed by atoms with Crippen LogP contribution in [0.1, 0.15) is 37.3 Å². The maximum atomic E-state index is 13.7. The summed E-state index contributed by atoms with van der Waals surface area (Å²) in [6.45, 7) is 0.288. The summed E-state index contributed by atoms with van der Waals surface area (Å²) in [6.07, 6.45) is 1.32. The first-order valence-electron chi connectivity index (χ1n) is 10.2. The highest BCUT2D eigenvalue weighted by atomic mass is 35.5. The molecule has 2 aromatic rings. The summed E-state index contributed by atoms with van der Waals surface area (Å²) in [6, 6.07) is 6.89. The van der Waals surface area contributed by atoms with Crippen LogP contribution in [0.3, 0.4) is 0 Å². The van der Waals surface area contributed by atoms with E-state index in [9.17, 15) is 27.2 Å². The number of hydrogen-bond acceptors (Lipinski definition) is 3. The summed E-state index contributed by atoms with van der Waals surface area (Å²) in [7, 11) is 0. The van der Waals surface area contributed by atoms with Crippen LogP contribution < -0.4 is 15.4 Å². The minimum atomic E-state index is -3.19. The van der Waals surface area contributed by atoms with Crippen molar-refractivity contribution < 1.29 is 31.9 Å². The van der Waals surface area contributed by atoms with E-state index in [1.54, 1.807) is 0 Å². The first-order chi connectivity index (χ1) is 15.4. The van der Waals surface area contributed by atoms with Gasteiger partial charge in [0, 0.05) is 30.6 Å². The van der Waals surface area contributed by atoms with E-state index in [2.05, 4.69) is 10.6 Å². The van der Waals surface area contributed by atoms with E-state index < -0.39 is 40.0 Å². The molecule has 0 unspecified atom stereocenters. The largest absolute Gasteiger partial charge is 0.484 e. The van der Waals surface area contributed by atoms with Gasteiger partial charge in [0.2, 0.25) is 5.91 Å². The number of rotatable bonds is 8. The Morgan fingerprint density at radius 2 is 1.82 bits per heavy atom. The molecule has 3 fully saturated rings. The molecule has 2 N–H and O–H groups in total. The van der Waals surface area contributed by atoms with E-state index in [0.29, 0.717) is 26.2 Å². The Morgan fingerprint density at radius 3 is 2.45 bits per heavy atom. The lowest BCUT2D eigenvalue weighted by Crippen LogP contribution is -2.78. The molecule has 2 aromatic carbocycles. The molecular formula is C23H21ClF4N2O3. The van der Waals surface area contributed by atoms with Crippen molar-refractivity contribution >= 4 is 23.4 Å². The third-order valence-corrected chi connectivity index (χ3v) is 6.40. The molecule has 3 saturated carbocycles. The summed E-state index contributed by atoms with van der Waals surface area (Å²) in [5, 5.41) is 5.47. The van der Waals surface area contributed by atoms with Crippen LogP contribution in [0.2, 0.25) is 5.02 Å². The minimum Gasteiger partial charge on any atom is -0.484 e. The van der Waals surface area contributed by atoms with E-state index >= 15 is 0 Å². The quantitative estimate of drug-likeness (QED) is 0.543. The van der Waals surface area contributed by atoms with E-state index in [1.807, 2.05) is 0 Å². The van der Waals surface area contributed by atoms with E-state index in [4.69, 9.17) is 16.3 Å². The highest BCUT2D eigenvalue weighted by molar-refractivity contribution is 6.30. The number of alkyl halides is 2. The van der Waals surface area contributed by atoms with Crippen LogP contribution in [0, 0.1) is 17.0 Å². The third kappa shape index (κ3) is 4.78. The maximum Gasteiger partial charge on any atom is 0.270 e. The Kier molecular flexibility index (Phi) is 5.80. The van der Waals surface area contributed by atoms with Gasteiger partial charge in [0.1, 0.15) is 17.4 Å². The van der Waals surface area contributed by atoms with Gasteiger partial charge in [-0.15, -0.1) is 0 Å². The second kappa shape index (κ2) is 8.20. The number of benzene rings is 2. The number of hydrogen-bond donors (Lipinski definition) is 2. The van der Waals surface area contributed by atoms with Gasteiger partial charge in [-0.1, -0.05) is 11.6 Å². The van der Waals surface area contributed by atoms with E-state index in [1.165, 1.54) is 18.2 Å². The molecule has 0 spiro atoms. The topological polar surface area (TPSA) is 67.4 Å². The van der Waals surface area contributed by atoms with Crippen molar-refractivity contribution in [1.82, 2.24) is 10.6 Å². The lowest BCUT2D eigenvalue weighted by Gasteiger charge is -2.69. The molecule has 5 nitrogen and oxygen atoms in total. The molecule has 3 aliphatic carbocycles. The van der Waals surface area contributed by atoms with Crippen molar-refractivity contribution in [3.8, 4) is 5.75 Å². The molecule has 0 aliphatic heterocycles. The van der Waals surface area contributed by atoms with Crippen molar-refractivity contribution in [3.63, 3.8) is 0 Å². The smallest absolute Gasteiger partial charge is 0.270 e. The first-order valence-corrected chi connectivity index (χ1v) is 10.6. The van der Waals surface area contributed by atoms with Crippen LogP contribution in [0.15, 0.2) is 36.4 Å². The van der Waals surface area contributed by atoms with Crippen LogP contribution in [-0.2, 0) is 22.1 Å². The maximum absolute atomic E-state index is 13.7. The van der Waals surface area contributed by atoms with Crippen molar-refractivity contribution in [2.75, 3.05) is 6.61 Å². The summed E-state index contributed by atoms with van der Waals surface area (Å²) in [4.78, 5) is 24.8. The Labute approximate surface area is 192 Å². The molecule has 0 saturated heterocycles. The summed E-state index contributed by atoms with van der Waals surface area (Å²) in [5.74, 6) is -5.13. The summed E-state index contributed by atoms with van der Waals surface area (Å²) < 4.78 is 59.3. The molecule has 2 amide bonds. The molecule has 0 radical (unpaired) electrons.